The molecule has 0 bridgehead atoms. The van der Waals surface area contributed by atoms with Crippen LogP contribution in [0.3, 0.4) is 0 Å². The highest BCUT2D eigenvalue weighted by Gasteiger charge is 2.20. The second-order valence-electron chi connectivity index (χ2n) is 4.90. The minimum atomic E-state index is -0.816. The number of benzene rings is 2. The number of hydrogen-bond acceptors (Lipinski definition) is 5. The van der Waals surface area contributed by atoms with E-state index < -0.39 is 11.5 Å². The first-order valence-electron chi connectivity index (χ1n) is 7.01. The van der Waals surface area contributed by atoms with Crippen molar-refractivity contribution in [2.24, 2.45) is 0 Å². The van der Waals surface area contributed by atoms with Crippen LogP contribution in [0.25, 0.3) is 16.7 Å². The average Bonchev–Trinajstić information content (AvgIpc) is 2.61. The largest absolute Gasteiger partial charge is 0.497 e. The zero-order chi connectivity index (χ0) is 17.3. The van der Waals surface area contributed by atoms with Gasteiger partial charge in [0.2, 0.25) is 5.69 Å². The van der Waals surface area contributed by atoms with E-state index in [4.69, 9.17) is 16.3 Å². The van der Waals surface area contributed by atoms with Crippen molar-refractivity contribution in [2.45, 2.75) is 0 Å². The molecule has 0 fully saturated rings. The lowest BCUT2D eigenvalue weighted by molar-refractivity contribution is 0.0592. The Morgan fingerprint density at radius 3 is 2.46 bits per heavy atom. The standard InChI is InChI=1S/C17H13ClN2O4/c1-23-11-8-6-10(7-9-11)20-13-5-3-4-12(18)14(13)19-15(16(20)21)17(22)24-2/h3-9H,1-2H3. The summed E-state index contributed by atoms with van der Waals surface area (Å²) in [6.07, 6.45) is 0. The number of rotatable bonds is 3. The molecule has 1 aromatic heterocycles. The summed E-state index contributed by atoms with van der Waals surface area (Å²) in [4.78, 5) is 28.8. The molecule has 7 heteroatoms. The first-order chi connectivity index (χ1) is 11.6. The summed E-state index contributed by atoms with van der Waals surface area (Å²) in [5.74, 6) is -0.166. The molecule has 3 rings (SSSR count). The van der Waals surface area contributed by atoms with E-state index >= 15 is 0 Å². The van der Waals surface area contributed by atoms with E-state index in [-0.39, 0.29) is 5.69 Å². The normalized spacial score (nSPS) is 10.6. The van der Waals surface area contributed by atoms with Crippen molar-refractivity contribution >= 4 is 28.6 Å². The fourth-order valence-corrected chi connectivity index (χ4v) is 2.60. The minimum Gasteiger partial charge on any atom is -0.497 e. The number of carbonyl (C=O) groups is 1. The van der Waals surface area contributed by atoms with E-state index in [1.807, 2.05) is 0 Å². The topological polar surface area (TPSA) is 70.4 Å². The van der Waals surface area contributed by atoms with Crippen LogP contribution in [0.1, 0.15) is 10.5 Å². The lowest BCUT2D eigenvalue weighted by atomic mass is 10.2. The molecule has 0 atom stereocenters. The number of nitrogens with zero attached hydrogens (tertiary/aromatic N) is 2. The number of fused-ring (bicyclic) bond motifs is 1. The molecule has 3 aromatic rings. The van der Waals surface area contributed by atoms with Crippen LogP contribution in [0.4, 0.5) is 0 Å². The summed E-state index contributed by atoms with van der Waals surface area (Å²) in [6.45, 7) is 0. The van der Waals surface area contributed by atoms with E-state index in [2.05, 4.69) is 9.72 Å². The molecule has 0 saturated carbocycles. The minimum absolute atomic E-state index is 0.325. The van der Waals surface area contributed by atoms with Gasteiger partial charge in [-0.2, -0.15) is 0 Å². The number of para-hydroxylation sites is 1. The molecular formula is C17H13ClN2O4. The van der Waals surface area contributed by atoms with Gasteiger partial charge in [-0.15, -0.1) is 0 Å². The molecule has 0 amide bonds. The van der Waals surface area contributed by atoms with Crippen LogP contribution in [0.5, 0.6) is 5.75 Å². The molecule has 6 nitrogen and oxygen atoms in total. The van der Waals surface area contributed by atoms with Gasteiger partial charge in [0.1, 0.15) is 11.3 Å². The number of methoxy groups -OCH3 is 2. The van der Waals surface area contributed by atoms with Crippen molar-refractivity contribution in [3.05, 3.63) is 63.5 Å². The van der Waals surface area contributed by atoms with Crippen LogP contribution >= 0.6 is 11.6 Å². The van der Waals surface area contributed by atoms with E-state index in [1.54, 1.807) is 49.6 Å². The third kappa shape index (κ3) is 2.61. The molecule has 0 radical (unpaired) electrons. The third-order valence-electron chi connectivity index (χ3n) is 3.55. The van der Waals surface area contributed by atoms with Gasteiger partial charge in [0.25, 0.3) is 5.56 Å². The number of carbonyl (C=O) groups excluding carboxylic acids is 1. The van der Waals surface area contributed by atoms with E-state index in [0.717, 1.165) is 0 Å². The second-order valence-corrected chi connectivity index (χ2v) is 5.31. The lowest BCUT2D eigenvalue weighted by Crippen LogP contribution is -2.28. The van der Waals surface area contributed by atoms with Gasteiger partial charge >= 0.3 is 5.97 Å². The summed E-state index contributed by atoms with van der Waals surface area (Å²) in [5.41, 5.74) is 0.483. The molecule has 0 aliphatic heterocycles. The number of esters is 1. The summed E-state index contributed by atoms with van der Waals surface area (Å²) in [5, 5.41) is 0.333. The third-order valence-corrected chi connectivity index (χ3v) is 3.85. The highest BCUT2D eigenvalue weighted by atomic mass is 35.5. The van der Waals surface area contributed by atoms with Crippen molar-refractivity contribution in [3.8, 4) is 11.4 Å². The van der Waals surface area contributed by atoms with Crippen LogP contribution in [0.2, 0.25) is 5.02 Å². The molecule has 24 heavy (non-hydrogen) atoms. The van der Waals surface area contributed by atoms with Crippen LogP contribution in [0.15, 0.2) is 47.3 Å². The smallest absolute Gasteiger partial charge is 0.362 e. The molecule has 0 spiro atoms. The van der Waals surface area contributed by atoms with Crippen LogP contribution in [0, 0.1) is 0 Å². The summed E-state index contributed by atoms with van der Waals surface area (Å²) < 4.78 is 11.2. The summed E-state index contributed by atoms with van der Waals surface area (Å²) in [7, 11) is 2.75. The van der Waals surface area contributed by atoms with E-state index in [9.17, 15) is 9.59 Å². The number of ether oxygens (including phenoxy) is 2. The summed E-state index contributed by atoms with van der Waals surface area (Å²) >= 11 is 6.19. The maximum absolute atomic E-state index is 12.8. The molecule has 122 valence electrons. The highest BCUT2D eigenvalue weighted by molar-refractivity contribution is 6.34. The van der Waals surface area contributed by atoms with Crippen LogP contribution in [-0.2, 0) is 4.74 Å². The molecular weight excluding hydrogens is 332 g/mol. The van der Waals surface area contributed by atoms with Gasteiger partial charge < -0.3 is 9.47 Å². The Labute approximate surface area is 142 Å². The molecule has 2 aromatic carbocycles. The van der Waals surface area contributed by atoms with Gasteiger partial charge in [-0.25, -0.2) is 9.78 Å². The molecule has 1 heterocycles. The van der Waals surface area contributed by atoms with Gasteiger partial charge in [0.05, 0.1) is 24.8 Å². The van der Waals surface area contributed by atoms with Crippen molar-refractivity contribution in [3.63, 3.8) is 0 Å². The quantitative estimate of drug-likeness (QED) is 0.683. The van der Waals surface area contributed by atoms with Crippen LogP contribution < -0.4 is 10.3 Å². The first-order valence-corrected chi connectivity index (χ1v) is 7.38. The number of halogens is 1. The Balaban J connectivity index is 2.39. The van der Waals surface area contributed by atoms with Gasteiger partial charge in [0.15, 0.2) is 0 Å². The maximum atomic E-state index is 12.8. The fraction of sp³-hybridized carbons (Fsp3) is 0.118. The van der Waals surface area contributed by atoms with Crippen molar-refractivity contribution < 1.29 is 14.3 Å². The van der Waals surface area contributed by atoms with Crippen molar-refractivity contribution in [1.29, 1.82) is 0 Å². The SMILES string of the molecule is COC(=O)c1nc2c(Cl)cccc2n(-c2ccc(OC)cc2)c1=O. The fourth-order valence-electron chi connectivity index (χ4n) is 2.39. The highest BCUT2D eigenvalue weighted by Crippen LogP contribution is 2.23. The van der Waals surface area contributed by atoms with Crippen LogP contribution in [-0.4, -0.2) is 29.7 Å². The predicted octanol–water partition coefficient (Wildman–Crippen LogP) is 2.83. The second kappa shape index (κ2) is 6.33. The lowest BCUT2D eigenvalue weighted by Gasteiger charge is -2.12. The number of aromatic nitrogens is 2. The van der Waals surface area contributed by atoms with E-state index in [0.29, 0.717) is 27.5 Å². The Kier molecular flexibility index (Phi) is 4.22. The van der Waals surface area contributed by atoms with Gasteiger partial charge in [0, 0.05) is 5.69 Å². The Bertz CT molecular complexity index is 980. The maximum Gasteiger partial charge on any atom is 0.362 e. The molecule has 0 saturated heterocycles. The molecule has 0 unspecified atom stereocenters. The molecule has 0 N–H and O–H groups in total. The van der Waals surface area contributed by atoms with Gasteiger partial charge in [-0.3, -0.25) is 9.36 Å². The number of hydrogen-bond donors (Lipinski definition) is 0. The van der Waals surface area contributed by atoms with E-state index in [1.165, 1.54) is 11.7 Å². The Morgan fingerprint density at radius 2 is 1.83 bits per heavy atom. The monoisotopic (exact) mass is 344 g/mol. The zero-order valence-corrected chi connectivity index (χ0v) is 13.7. The van der Waals surface area contributed by atoms with Gasteiger partial charge in [-0.1, -0.05) is 17.7 Å². The van der Waals surface area contributed by atoms with Crippen molar-refractivity contribution in [2.75, 3.05) is 14.2 Å². The zero-order valence-electron chi connectivity index (χ0n) is 12.9. The average molecular weight is 345 g/mol. The first kappa shape index (κ1) is 16.0. The van der Waals surface area contributed by atoms with Gasteiger partial charge in [-0.05, 0) is 36.4 Å². The van der Waals surface area contributed by atoms with Crippen molar-refractivity contribution in [1.82, 2.24) is 9.55 Å². The summed E-state index contributed by atoms with van der Waals surface area (Å²) in [6, 6.07) is 11.9. The Morgan fingerprint density at radius 1 is 1.12 bits per heavy atom. The molecule has 0 aliphatic rings. The Hall–Kier alpha value is -2.86. The predicted molar refractivity (Wildman–Crippen MR) is 90.2 cm³/mol. The molecule has 0 aliphatic carbocycles.